The van der Waals surface area contributed by atoms with Crippen LogP contribution in [0.25, 0.3) is 0 Å². The summed E-state index contributed by atoms with van der Waals surface area (Å²) in [7, 11) is 0. The maximum atomic E-state index is 0. The van der Waals surface area contributed by atoms with Crippen molar-refractivity contribution in [3.05, 3.63) is 0 Å². The zero-order valence-corrected chi connectivity index (χ0v) is 8.69. The third-order valence-corrected chi connectivity index (χ3v) is 0. The van der Waals surface area contributed by atoms with E-state index in [4.69, 9.17) is 0 Å². The summed E-state index contributed by atoms with van der Waals surface area (Å²) in [6, 6.07) is 0. The van der Waals surface area contributed by atoms with Crippen LogP contribution in [0.2, 0.25) is 0 Å². The quantitative estimate of drug-likeness (QED) is 0.438. The molecule has 0 amide bonds. The molecule has 0 saturated heterocycles. The summed E-state index contributed by atoms with van der Waals surface area (Å²) >= 11 is 0. The van der Waals surface area contributed by atoms with E-state index in [0.29, 0.717) is 0 Å². The zero-order valence-electron chi connectivity index (χ0n) is 1.62. The summed E-state index contributed by atoms with van der Waals surface area (Å²) in [5.74, 6) is 0. The van der Waals surface area contributed by atoms with Crippen LogP contribution in [-0.4, -0.2) is 34.7 Å². The van der Waals surface area contributed by atoms with Crippen LogP contribution < -0.4 is 0 Å². The Bertz CT molecular complexity index is 8.00. The molecule has 0 N–H and O–H groups in total. The van der Waals surface area contributed by atoms with Gasteiger partial charge in [-0.25, -0.2) is 0 Å². The van der Waals surface area contributed by atoms with Gasteiger partial charge in [-0.15, -0.1) is 0 Å². The first-order valence-electron chi connectivity index (χ1n) is 0. The summed E-state index contributed by atoms with van der Waals surface area (Å²) in [5, 5.41) is 0. The Morgan fingerprint density at radius 2 is 1.00 bits per heavy atom. The average Bonchev–Trinajstić information content (AvgIpc) is 0. The monoisotopic (exact) mass is 322 g/mol. The molecule has 0 aromatic heterocycles. The van der Waals surface area contributed by atoms with E-state index in [2.05, 4.69) is 0 Å². The topological polar surface area (TPSA) is 0 Å². The van der Waals surface area contributed by atoms with Gasteiger partial charge in [-0.2, -0.15) is 0 Å². The van der Waals surface area contributed by atoms with Crippen molar-refractivity contribution in [3.8, 4) is 0 Å². The first-order valence-corrected chi connectivity index (χ1v) is 0. The van der Waals surface area contributed by atoms with Crippen LogP contribution in [0.5, 0.6) is 0 Å². The van der Waals surface area contributed by atoms with E-state index >= 15 is 0 Å². The summed E-state index contributed by atoms with van der Waals surface area (Å²) in [5.41, 5.74) is 0. The fourth-order valence-corrected chi connectivity index (χ4v) is 0. The van der Waals surface area contributed by atoms with Gasteiger partial charge in [0.1, 0.15) is 0 Å². The summed E-state index contributed by atoms with van der Waals surface area (Å²) in [6.07, 6.45) is 0. The average molecular weight is 319 g/mol. The summed E-state index contributed by atoms with van der Waals surface area (Å²) < 4.78 is 0. The van der Waals surface area contributed by atoms with Gasteiger partial charge in [0.15, 0.2) is 0 Å². The normalized spacial score (nSPS) is 0. The van der Waals surface area contributed by atoms with Gasteiger partial charge < -0.3 is 0 Å². The van der Waals surface area contributed by atoms with E-state index in [0.717, 1.165) is 0 Å². The minimum atomic E-state index is 0. The molecule has 0 nitrogen and oxygen atoms in total. The molecule has 0 aliphatic heterocycles. The predicted molar refractivity (Wildman–Crippen MR) is 19.9 cm³/mol. The molecule has 0 aromatic carbocycles. The number of rotatable bonds is 0. The van der Waals surface area contributed by atoms with Gasteiger partial charge in [0.05, 0.1) is 0 Å². The van der Waals surface area contributed by atoms with Gasteiger partial charge in [0.25, 0.3) is 0 Å². The maximum absolute atomic E-state index is 0. The van der Waals surface area contributed by atoms with Crippen molar-refractivity contribution in [2.75, 3.05) is 0 Å². The van der Waals surface area contributed by atoms with Crippen LogP contribution >= 0.6 is 0 Å². The van der Waals surface area contributed by atoms with Gasteiger partial charge in [0, 0.05) is 40.5 Å². The summed E-state index contributed by atoms with van der Waals surface area (Å²) in [6.45, 7) is 0. The molecule has 4 heavy (non-hydrogen) atoms. The Hall–Kier alpha value is 2.37. The van der Waals surface area contributed by atoms with Crippen LogP contribution in [0.15, 0.2) is 0 Å². The van der Waals surface area contributed by atoms with E-state index < -0.39 is 0 Å². The smallest absolute Gasteiger partial charge is 0 e. The first kappa shape index (κ1) is 32.7. The van der Waals surface area contributed by atoms with E-state index in [-0.39, 0.29) is 75.2 Å². The minimum Gasteiger partial charge on any atom is 0 e. The van der Waals surface area contributed by atoms with Crippen LogP contribution in [0.1, 0.15) is 0 Å². The fourth-order valence-electron chi connectivity index (χ4n) is 0. The van der Waals surface area contributed by atoms with E-state index in [1.54, 1.807) is 0 Å². The van der Waals surface area contributed by atoms with Gasteiger partial charge in [-0.05, 0) is 0 Å². The SMILES string of the molecule is [GeH4].[Mo].[SeH2].[Zn]. The Labute approximate surface area is 74.3 Å². The first-order chi connectivity index (χ1) is 0. The van der Waals surface area contributed by atoms with Crippen molar-refractivity contribution in [2.45, 2.75) is 0 Å². The molecule has 0 unspecified atom stereocenters. The predicted octanol–water partition coefficient (Wildman–Crippen LogP) is -2.37. The van der Waals surface area contributed by atoms with Crippen LogP contribution in [-0.2, 0) is 40.5 Å². The Balaban J connectivity index is 0. The van der Waals surface area contributed by atoms with E-state index in [1.807, 2.05) is 0 Å². The molecule has 0 atom stereocenters. The summed E-state index contributed by atoms with van der Waals surface area (Å²) in [4.78, 5) is 0. The Kier molecular flexibility index (Phi) is 149. The number of hydrogen-bond donors (Lipinski definition) is 0. The van der Waals surface area contributed by atoms with Crippen LogP contribution in [0.3, 0.4) is 0 Å². The van der Waals surface area contributed by atoms with Crippen LogP contribution in [0, 0.1) is 0 Å². The van der Waals surface area contributed by atoms with E-state index in [9.17, 15) is 0 Å². The molecule has 0 aliphatic carbocycles. The third kappa shape index (κ3) is 8.84. The fraction of sp³-hybridized carbons (Fsp3) is 0. The van der Waals surface area contributed by atoms with Gasteiger partial charge in [-0.3, -0.25) is 0 Å². The van der Waals surface area contributed by atoms with Crippen molar-refractivity contribution >= 4 is 34.7 Å². The zero-order chi connectivity index (χ0) is 0. The molecular weight excluding hydrogens is 313 g/mol. The van der Waals surface area contributed by atoms with Crippen molar-refractivity contribution in [3.63, 3.8) is 0 Å². The van der Waals surface area contributed by atoms with Crippen LogP contribution in [0.4, 0.5) is 0 Å². The molecule has 0 heterocycles. The Morgan fingerprint density at radius 1 is 1.00 bits per heavy atom. The minimum absolute atomic E-state index is 0. The molecular formula is H6GeMoSeZn. The number of hydrogen-bond acceptors (Lipinski definition) is 0. The largest absolute Gasteiger partial charge is 0 e. The maximum Gasteiger partial charge on any atom is 0 e. The second-order valence-electron chi connectivity index (χ2n) is 0. The van der Waals surface area contributed by atoms with Gasteiger partial charge >= 0.3 is 34.7 Å². The van der Waals surface area contributed by atoms with E-state index in [1.165, 1.54) is 0 Å². The molecule has 0 aromatic rings. The molecule has 0 aliphatic rings. The van der Waals surface area contributed by atoms with Gasteiger partial charge in [0.2, 0.25) is 0 Å². The van der Waals surface area contributed by atoms with Crippen molar-refractivity contribution < 1.29 is 40.5 Å². The van der Waals surface area contributed by atoms with Gasteiger partial charge in [-0.1, -0.05) is 0 Å². The molecule has 0 rings (SSSR count). The molecule has 0 spiro atoms. The Morgan fingerprint density at radius 3 is 1.00 bits per heavy atom. The van der Waals surface area contributed by atoms with Crippen molar-refractivity contribution in [2.24, 2.45) is 0 Å². The standard InChI is InChI=1S/GeH4.Mo.H2Se.Zn/h1H4;;1H2;. The molecule has 24 valence electrons. The second-order valence-corrected chi connectivity index (χ2v) is 0. The molecule has 0 radical (unpaired) electrons. The van der Waals surface area contributed by atoms with Crippen molar-refractivity contribution in [1.82, 2.24) is 0 Å². The molecule has 0 fully saturated rings. The third-order valence-electron chi connectivity index (χ3n) is 0. The molecule has 4 heteroatoms. The second kappa shape index (κ2) is 18.2. The molecule has 0 bridgehead atoms. The van der Waals surface area contributed by atoms with Crippen molar-refractivity contribution in [1.29, 1.82) is 0 Å². The molecule has 0 saturated carbocycles.